The molecule has 0 aliphatic carbocycles. The summed E-state index contributed by atoms with van der Waals surface area (Å²) in [4.78, 5) is 11.6. The molecule has 0 saturated heterocycles. The van der Waals surface area contributed by atoms with Crippen LogP contribution in [0.2, 0.25) is 0 Å². The van der Waals surface area contributed by atoms with Crippen molar-refractivity contribution in [1.82, 2.24) is 0 Å². The molecule has 0 aromatic heterocycles. The van der Waals surface area contributed by atoms with Gasteiger partial charge in [0.25, 0.3) is 0 Å². The number of hydrogen-bond acceptors (Lipinski definition) is 3. The van der Waals surface area contributed by atoms with Crippen molar-refractivity contribution in [3.63, 3.8) is 0 Å². The molecule has 25 heavy (non-hydrogen) atoms. The second-order valence-corrected chi connectivity index (χ2v) is 6.65. The first-order valence-electron chi connectivity index (χ1n) is 8.25. The highest BCUT2D eigenvalue weighted by Gasteiger charge is 2.19. The van der Waals surface area contributed by atoms with E-state index in [1.54, 1.807) is 0 Å². The first kappa shape index (κ1) is 18.5. The van der Waals surface area contributed by atoms with Gasteiger partial charge in [-0.05, 0) is 44.1 Å². The maximum Gasteiger partial charge on any atom is 0.308 e. The Bertz CT molecular complexity index is 751. The van der Waals surface area contributed by atoms with Crippen LogP contribution in [0.3, 0.4) is 0 Å². The summed E-state index contributed by atoms with van der Waals surface area (Å²) in [6.45, 7) is 7.26. The third-order valence-corrected chi connectivity index (χ3v) is 3.11. The molecule has 0 radical (unpaired) electrons. The van der Waals surface area contributed by atoms with Gasteiger partial charge in [0, 0.05) is 6.92 Å². The molecule has 0 atom stereocenters. The fraction of sp³-hybridized carbons (Fsp3) is 0.227. The zero-order valence-corrected chi connectivity index (χ0v) is 15.2. The Hall–Kier alpha value is -2.81. The highest BCUT2D eigenvalue weighted by Crippen LogP contribution is 2.25. The van der Waals surface area contributed by atoms with Crippen LogP contribution in [0.4, 0.5) is 0 Å². The molecule has 0 heterocycles. The van der Waals surface area contributed by atoms with E-state index in [0.29, 0.717) is 11.5 Å². The predicted molar refractivity (Wildman–Crippen MR) is 101 cm³/mol. The van der Waals surface area contributed by atoms with Crippen LogP contribution in [0.25, 0.3) is 12.2 Å². The van der Waals surface area contributed by atoms with Gasteiger partial charge >= 0.3 is 5.97 Å². The molecule has 0 aliphatic heterocycles. The molecule has 0 saturated carbocycles. The summed E-state index contributed by atoms with van der Waals surface area (Å²) in [5.41, 5.74) is 1.46. The Kier molecular flexibility index (Phi) is 6.18. The second kappa shape index (κ2) is 8.34. The fourth-order valence-electron chi connectivity index (χ4n) is 2.19. The Balaban J connectivity index is 2.50. The van der Waals surface area contributed by atoms with E-state index >= 15 is 0 Å². The van der Waals surface area contributed by atoms with Crippen molar-refractivity contribution in [1.29, 1.82) is 0 Å². The first-order chi connectivity index (χ1) is 11.8. The number of hydrogen-bond donors (Lipinski definition) is 0. The lowest BCUT2D eigenvalue weighted by atomic mass is 10.1. The summed E-state index contributed by atoms with van der Waals surface area (Å²) in [6, 6.07) is 19.5. The second-order valence-electron chi connectivity index (χ2n) is 6.65. The third kappa shape index (κ3) is 6.68. The lowest BCUT2D eigenvalue weighted by Gasteiger charge is -2.24. The van der Waals surface area contributed by atoms with Crippen molar-refractivity contribution < 1.29 is 14.3 Å². The van der Waals surface area contributed by atoms with E-state index in [-0.39, 0.29) is 0 Å². The molecule has 130 valence electrons. The molecule has 0 fully saturated rings. The van der Waals surface area contributed by atoms with Gasteiger partial charge in [-0.3, -0.25) is 4.79 Å². The van der Waals surface area contributed by atoms with Crippen molar-refractivity contribution in [2.75, 3.05) is 0 Å². The van der Waals surface area contributed by atoms with Gasteiger partial charge in [0.2, 0.25) is 0 Å². The number of benzene rings is 2. The lowest BCUT2D eigenvalue weighted by Crippen LogP contribution is -2.20. The topological polar surface area (TPSA) is 35.5 Å². The molecular weight excluding hydrogens is 312 g/mol. The van der Waals surface area contributed by atoms with Crippen LogP contribution in [0.5, 0.6) is 0 Å². The number of carbonyl (C=O) groups excluding carboxylic acids is 1. The largest absolute Gasteiger partial charge is 0.484 e. The lowest BCUT2D eigenvalue weighted by molar-refractivity contribution is -0.137. The van der Waals surface area contributed by atoms with Crippen LogP contribution >= 0.6 is 0 Å². The molecule has 0 amide bonds. The minimum absolute atomic E-state index is 0.387. The zero-order valence-electron chi connectivity index (χ0n) is 15.2. The Morgan fingerprint density at radius 3 is 1.64 bits per heavy atom. The third-order valence-electron chi connectivity index (χ3n) is 3.11. The summed E-state index contributed by atoms with van der Waals surface area (Å²) >= 11 is 0. The highest BCUT2D eigenvalue weighted by molar-refractivity contribution is 5.72. The van der Waals surface area contributed by atoms with E-state index in [1.807, 2.05) is 93.6 Å². The van der Waals surface area contributed by atoms with Gasteiger partial charge < -0.3 is 9.47 Å². The van der Waals surface area contributed by atoms with E-state index in [9.17, 15) is 4.79 Å². The predicted octanol–water partition coefficient (Wildman–Crippen LogP) is 5.45. The van der Waals surface area contributed by atoms with E-state index in [1.165, 1.54) is 6.92 Å². The SMILES string of the molecule is CC(=O)OC(=Cc1ccccc1)C(=Cc1ccccc1)OC(C)(C)C. The normalized spacial score (nSPS) is 12.6. The Morgan fingerprint density at radius 2 is 1.24 bits per heavy atom. The maximum atomic E-state index is 11.6. The Labute approximate surface area is 149 Å². The van der Waals surface area contributed by atoms with Crippen molar-refractivity contribution in [2.45, 2.75) is 33.3 Å². The highest BCUT2D eigenvalue weighted by atomic mass is 16.6. The summed E-state index contributed by atoms with van der Waals surface area (Å²) in [7, 11) is 0. The van der Waals surface area contributed by atoms with Crippen LogP contribution in [0.1, 0.15) is 38.8 Å². The molecule has 0 unspecified atom stereocenters. The average Bonchev–Trinajstić information content (AvgIpc) is 2.54. The fourth-order valence-corrected chi connectivity index (χ4v) is 2.19. The van der Waals surface area contributed by atoms with Crippen molar-refractivity contribution in [3.05, 3.63) is 83.3 Å². The molecule has 0 spiro atoms. The Morgan fingerprint density at radius 1 is 0.800 bits per heavy atom. The summed E-state index contributed by atoms with van der Waals surface area (Å²) in [5.74, 6) is 0.508. The zero-order chi connectivity index (χ0) is 18.3. The van der Waals surface area contributed by atoms with Crippen LogP contribution in [-0.2, 0) is 14.3 Å². The van der Waals surface area contributed by atoms with Crippen molar-refractivity contribution in [3.8, 4) is 0 Å². The van der Waals surface area contributed by atoms with E-state index in [4.69, 9.17) is 9.47 Å². The molecule has 2 rings (SSSR count). The first-order valence-corrected chi connectivity index (χ1v) is 8.25. The molecule has 0 bridgehead atoms. The number of carbonyl (C=O) groups is 1. The maximum absolute atomic E-state index is 11.6. The number of ether oxygens (including phenoxy) is 2. The van der Waals surface area contributed by atoms with Gasteiger partial charge in [-0.2, -0.15) is 0 Å². The van der Waals surface area contributed by atoms with Gasteiger partial charge in [0.15, 0.2) is 11.5 Å². The van der Waals surface area contributed by atoms with Gasteiger partial charge in [-0.1, -0.05) is 60.7 Å². The van der Waals surface area contributed by atoms with Crippen molar-refractivity contribution in [2.24, 2.45) is 0 Å². The molecule has 0 aliphatic rings. The van der Waals surface area contributed by atoms with E-state index in [0.717, 1.165) is 11.1 Å². The quantitative estimate of drug-likeness (QED) is 0.414. The van der Waals surface area contributed by atoms with Gasteiger partial charge in [0.1, 0.15) is 5.60 Å². The van der Waals surface area contributed by atoms with E-state index in [2.05, 4.69) is 0 Å². The summed E-state index contributed by atoms with van der Waals surface area (Å²) in [5, 5.41) is 0. The smallest absolute Gasteiger partial charge is 0.308 e. The average molecular weight is 336 g/mol. The number of rotatable bonds is 5. The van der Waals surface area contributed by atoms with E-state index < -0.39 is 11.6 Å². The van der Waals surface area contributed by atoms with Gasteiger partial charge in [-0.15, -0.1) is 0 Å². The van der Waals surface area contributed by atoms with Gasteiger partial charge in [-0.25, -0.2) is 0 Å². The van der Waals surface area contributed by atoms with Crippen LogP contribution in [0.15, 0.2) is 72.2 Å². The summed E-state index contributed by atoms with van der Waals surface area (Å²) < 4.78 is 11.6. The molecule has 3 heteroatoms. The van der Waals surface area contributed by atoms with Crippen LogP contribution < -0.4 is 0 Å². The molecular formula is C22H24O3. The van der Waals surface area contributed by atoms with Gasteiger partial charge in [0.05, 0.1) is 0 Å². The van der Waals surface area contributed by atoms with Crippen molar-refractivity contribution >= 4 is 18.1 Å². The number of esters is 1. The molecule has 2 aromatic rings. The van der Waals surface area contributed by atoms with Crippen LogP contribution in [-0.4, -0.2) is 11.6 Å². The standard InChI is InChI=1S/C22H24O3/c1-17(23)24-20(15-18-11-7-5-8-12-18)21(25-22(2,3)4)16-19-13-9-6-10-14-19/h5-16H,1-4H3. The minimum atomic E-state index is -0.434. The monoisotopic (exact) mass is 336 g/mol. The van der Waals surface area contributed by atoms with Crippen LogP contribution in [0, 0.1) is 0 Å². The molecule has 3 nitrogen and oxygen atoms in total. The molecule has 2 aromatic carbocycles. The minimum Gasteiger partial charge on any atom is -0.484 e. The molecule has 0 N–H and O–H groups in total. The summed E-state index contributed by atoms with van der Waals surface area (Å²) in [6.07, 6.45) is 3.69.